The molecule has 0 atom stereocenters. The molecule has 0 aliphatic rings. The van der Waals surface area contributed by atoms with E-state index in [1.54, 1.807) is 6.20 Å². The standard InChI is InChI=1S/C21H33N5O2S.HI/c1-5-22-20(24-17-21(2,3)12-16-29(4,27)28)23-14-11-18-7-9-19(10-8-18)26-15-6-13-25-26;/h6-10,13,15H,5,11-12,14,16-17H2,1-4H3,(H2,22,23,24);1H. The van der Waals surface area contributed by atoms with Crippen LogP contribution in [0.15, 0.2) is 47.7 Å². The van der Waals surface area contributed by atoms with Gasteiger partial charge in [0, 0.05) is 38.3 Å². The van der Waals surface area contributed by atoms with Crippen molar-refractivity contribution in [1.29, 1.82) is 0 Å². The van der Waals surface area contributed by atoms with E-state index in [1.165, 1.54) is 11.8 Å². The number of nitrogens with zero attached hydrogens (tertiary/aromatic N) is 3. The van der Waals surface area contributed by atoms with Gasteiger partial charge in [-0.2, -0.15) is 5.10 Å². The van der Waals surface area contributed by atoms with Crippen LogP contribution in [-0.2, 0) is 16.3 Å². The van der Waals surface area contributed by atoms with Crippen molar-refractivity contribution in [2.45, 2.75) is 33.6 Å². The smallest absolute Gasteiger partial charge is 0.191 e. The van der Waals surface area contributed by atoms with E-state index >= 15 is 0 Å². The molecule has 0 saturated heterocycles. The van der Waals surface area contributed by atoms with Crippen molar-refractivity contribution >= 4 is 39.8 Å². The van der Waals surface area contributed by atoms with E-state index in [2.05, 4.69) is 45.0 Å². The fraction of sp³-hybridized carbons (Fsp3) is 0.524. The lowest BCUT2D eigenvalue weighted by Crippen LogP contribution is -2.39. The maximum absolute atomic E-state index is 11.4. The minimum Gasteiger partial charge on any atom is -0.357 e. The molecular formula is C21H34IN5O2S. The Morgan fingerprint density at radius 2 is 1.90 bits per heavy atom. The van der Waals surface area contributed by atoms with Crippen LogP contribution in [0.2, 0.25) is 0 Å². The number of nitrogens with one attached hydrogen (secondary N) is 2. The number of benzene rings is 1. The zero-order chi connectivity index (χ0) is 21.3. The molecule has 168 valence electrons. The maximum atomic E-state index is 11.4. The van der Waals surface area contributed by atoms with E-state index < -0.39 is 9.84 Å². The normalized spacial score (nSPS) is 12.3. The Morgan fingerprint density at radius 3 is 2.47 bits per heavy atom. The van der Waals surface area contributed by atoms with Crippen molar-refractivity contribution in [2.24, 2.45) is 10.4 Å². The van der Waals surface area contributed by atoms with Gasteiger partial charge in [0.25, 0.3) is 0 Å². The lowest BCUT2D eigenvalue weighted by molar-refractivity contribution is 0.365. The highest BCUT2D eigenvalue weighted by Gasteiger charge is 2.20. The number of aliphatic imine (C=N–C) groups is 1. The van der Waals surface area contributed by atoms with Crippen LogP contribution < -0.4 is 10.6 Å². The van der Waals surface area contributed by atoms with Crippen molar-refractivity contribution in [2.75, 3.05) is 31.6 Å². The largest absolute Gasteiger partial charge is 0.357 e. The van der Waals surface area contributed by atoms with Crippen LogP contribution in [0.1, 0.15) is 32.8 Å². The summed E-state index contributed by atoms with van der Waals surface area (Å²) in [5, 5.41) is 10.8. The second-order valence-electron chi connectivity index (χ2n) is 8.03. The summed E-state index contributed by atoms with van der Waals surface area (Å²) in [6, 6.07) is 10.2. The Morgan fingerprint density at radius 1 is 1.20 bits per heavy atom. The quantitative estimate of drug-likeness (QED) is 0.271. The van der Waals surface area contributed by atoms with E-state index in [-0.39, 0.29) is 35.1 Å². The van der Waals surface area contributed by atoms with E-state index in [4.69, 9.17) is 0 Å². The van der Waals surface area contributed by atoms with Gasteiger partial charge in [-0.25, -0.2) is 13.1 Å². The molecule has 2 N–H and O–H groups in total. The molecule has 0 bridgehead atoms. The molecule has 0 aliphatic heterocycles. The molecule has 0 amide bonds. The van der Waals surface area contributed by atoms with E-state index in [1.807, 2.05) is 37.7 Å². The van der Waals surface area contributed by atoms with Crippen molar-refractivity contribution in [3.05, 3.63) is 48.3 Å². The molecule has 1 heterocycles. The summed E-state index contributed by atoms with van der Waals surface area (Å²) in [4.78, 5) is 4.65. The van der Waals surface area contributed by atoms with Crippen LogP contribution in [0.5, 0.6) is 0 Å². The molecule has 1 aromatic carbocycles. The van der Waals surface area contributed by atoms with Crippen LogP contribution in [-0.4, -0.2) is 55.8 Å². The van der Waals surface area contributed by atoms with Crippen molar-refractivity contribution in [1.82, 2.24) is 20.4 Å². The fourth-order valence-corrected chi connectivity index (χ4v) is 3.66. The van der Waals surface area contributed by atoms with Gasteiger partial charge < -0.3 is 10.6 Å². The number of hydrogen-bond donors (Lipinski definition) is 2. The van der Waals surface area contributed by atoms with Crippen LogP contribution in [0, 0.1) is 5.41 Å². The number of sulfone groups is 1. The zero-order valence-electron chi connectivity index (χ0n) is 18.3. The monoisotopic (exact) mass is 547 g/mol. The summed E-state index contributed by atoms with van der Waals surface area (Å²) in [5.74, 6) is 0.946. The number of halogens is 1. The molecule has 9 heteroatoms. The Hall–Kier alpha value is -1.62. The van der Waals surface area contributed by atoms with Gasteiger partial charge in [-0.05, 0) is 48.9 Å². The second-order valence-corrected chi connectivity index (χ2v) is 10.3. The summed E-state index contributed by atoms with van der Waals surface area (Å²) in [6.07, 6.45) is 6.44. The molecule has 0 radical (unpaired) electrons. The molecule has 7 nitrogen and oxygen atoms in total. The van der Waals surface area contributed by atoms with Gasteiger partial charge in [-0.3, -0.25) is 4.99 Å². The first kappa shape index (κ1) is 26.4. The molecule has 1 aromatic heterocycles. The molecule has 2 aromatic rings. The molecule has 0 unspecified atom stereocenters. The summed E-state index contributed by atoms with van der Waals surface area (Å²) in [7, 11) is -2.95. The van der Waals surface area contributed by atoms with E-state index in [0.29, 0.717) is 13.0 Å². The van der Waals surface area contributed by atoms with Crippen LogP contribution in [0.3, 0.4) is 0 Å². The number of guanidine groups is 1. The summed E-state index contributed by atoms with van der Waals surface area (Å²) < 4.78 is 24.7. The molecule has 0 saturated carbocycles. The average Bonchev–Trinajstić information content (AvgIpc) is 3.19. The Bertz CT molecular complexity index is 879. The van der Waals surface area contributed by atoms with Crippen molar-refractivity contribution in [3.8, 4) is 5.69 Å². The van der Waals surface area contributed by atoms with Gasteiger partial charge in [0.1, 0.15) is 9.84 Å². The van der Waals surface area contributed by atoms with Gasteiger partial charge >= 0.3 is 0 Å². The van der Waals surface area contributed by atoms with E-state index in [0.717, 1.165) is 31.2 Å². The van der Waals surface area contributed by atoms with Gasteiger partial charge in [0.2, 0.25) is 0 Å². The van der Waals surface area contributed by atoms with E-state index in [9.17, 15) is 8.42 Å². The van der Waals surface area contributed by atoms with Crippen LogP contribution >= 0.6 is 24.0 Å². The first-order chi connectivity index (χ1) is 13.7. The molecule has 0 spiro atoms. The first-order valence-corrected chi connectivity index (χ1v) is 12.0. The number of rotatable bonds is 10. The third kappa shape index (κ3) is 9.92. The maximum Gasteiger partial charge on any atom is 0.191 e. The van der Waals surface area contributed by atoms with Crippen molar-refractivity contribution < 1.29 is 8.42 Å². The van der Waals surface area contributed by atoms with Gasteiger partial charge in [0.15, 0.2) is 5.96 Å². The number of hydrogen-bond acceptors (Lipinski definition) is 4. The minimum absolute atomic E-state index is 0. The van der Waals surface area contributed by atoms with Gasteiger partial charge in [0.05, 0.1) is 11.4 Å². The van der Waals surface area contributed by atoms with Crippen molar-refractivity contribution in [3.63, 3.8) is 0 Å². The lowest BCUT2D eigenvalue weighted by Gasteiger charge is -2.22. The fourth-order valence-electron chi connectivity index (χ4n) is 2.74. The summed E-state index contributed by atoms with van der Waals surface area (Å²) >= 11 is 0. The lowest BCUT2D eigenvalue weighted by atomic mass is 9.90. The topological polar surface area (TPSA) is 88.4 Å². The SMILES string of the molecule is CCNC(=NCC(C)(C)CCS(C)(=O)=O)NCCc1ccc(-n2cccn2)cc1.I. The molecule has 0 fully saturated rings. The van der Waals surface area contributed by atoms with Crippen LogP contribution in [0.25, 0.3) is 5.69 Å². The second kappa shape index (κ2) is 12.3. The molecule has 2 rings (SSSR count). The zero-order valence-corrected chi connectivity index (χ0v) is 21.4. The highest BCUT2D eigenvalue weighted by atomic mass is 127. The van der Waals surface area contributed by atoms with Gasteiger partial charge in [-0.1, -0.05) is 26.0 Å². The molecular weight excluding hydrogens is 513 g/mol. The predicted octanol–water partition coefficient (Wildman–Crippen LogP) is 3.05. The average molecular weight is 548 g/mol. The van der Waals surface area contributed by atoms with Crippen LogP contribution in [0.4, 0.5) is 0 Å². The molecule has 0 aliphatic carbocycles. The number of aromatic nitrogens is 2. The predicted molar refractivity (Wildman–Crippen MR) is 135 cm³/mol. The summed E-state index contributed by atoms with van der Waals surface area (Å²) in [6.45, 7) is 8.22. The third-order valence-corrected chi connectivity index (χ3v) is 5.52. The molecule has 30 heavy (non-hydrogen) atoms. The van der Waals surface area contributed by atoms with Gasteiger partial charge in [-0.15, -0.1) is 24.0 Å². The third-order valence-electron chi connectivity index (χ3n) is 4.57. The highest BCUT2D eigenvalue weighted by molar-refractivity contribution is 14.0. The highest BCUT2D eigenvalue weighted by Crippen LogP contribution is 2.21. The Kier molecular flexibility index (Phi) is 10.8. The Labute approximate surface area is 197 Å². The Balaban J connectivity index is 0.00000450. The minimum atomic E-state index is -2.95. The summed E-state index contributed by atoms with van der Waals surface area (Å²) in [5.41, 5.74) is 2.10. The first-order valence-electron chi connectivity index (χ1n) is 9.97.